The van der Waals surface area contributed by atoms with Gasteiger partial charge in [0.15, 0.2) is 10.8 Å². The van der Waals surface area contributed by atoms with E-state index in [-0.39, 0.29) is 53.3 Å². The molecule has 7 heterocycles. The molecule has 46 heavy (non-hydrogen) atoms. The molecule has 8 rings (SSSR count). The fraction of sp³-hybridized carbons (Fsp3) is 0.321. The van der Waals surface area contributed by atoms with Crippen molar-refractivity contribution in [2.75, 3.05) is 38.0 Å². The highest BCUT2D eigenvalue weighted by Gasteiger charge is 2.36. The number of nitrogens with one attached hydrogen (secondary N) is 3. The Morgan fingerprint density at radius 2 is 1.98 bits per heavy atom. The number of ether oxygens (including phenoxy) is 1. The van der Waals surface area contributed by atoms with E-state index in [1.54, 1.807) is 36.0 Å². The van der Waals surface area contributed by atoms with Crippen LogP contribution < -0.4 is 20.7 Å². The summed E-state index contributed by atoms with van der Waals surface area (Å²) in [7, 11) is -0.825. The molecule has 0 unspecified atom stereocenters. The van der Waals surface area contributed by atoms with Gasteiger partial charge >= 0.3 is 13.8 Å². The smallest absolute Gasteiger partial charge is 0.421 e. The van der Waals surface area contributed by atoms with Gasteiger partial charge in [-0.25, -0.2) is 9.97 Å². The van der Waals surface area contributed by atoms with E-state index in [4.69, 9.17) is 25.4 Å². The van der Waals surface area contributed by atoms with Crippen LogP contribution in [-0.4, -0.2) is 58.0 Å². The molecule has 4 aromatic rings. The molecular weight excluding hydrogens is 652 g/mol. The van der Waals surface area contributed by atoms with Gasteiger partial charge in [0.2, 0.25) is 5.95 Å². The number of hydrogen-bond acceptors (Lipinski definition) is 11. The van der Waals surface area contributed by atoms with E-state index in [1.165, 1.54) is 26.3 Å². The average molecular weight is 681 g/mol. The van der Waals surface area contributed by atoms with E-state index in [9.17, 15) is 22.5 Å². The third kappa shape index (κ3) is 7.41. The molecule has 0 radical (unpaired) electrons. The van der Waals surface area contributed by atoms with Gasteiger partial charge in [0.05, 0.1) is 49.1 Å². The summed E-state index contributed by atoms with van der Waals surface area (Å²) < 4.78 is 74.1. The molecule has 0 spiro atoms. The van der Waals surface area contributed by atoms with Crippen LogP contribution in [0.15, 0.2) is 42.7 Å². The monoisotopic (exact) mass is 680 g/mol. The maximum atomic E-state index is 14.1. The van der Waals surface area contributed by atoms with E-state index in [0.29, 0.717) is 36.0 Å². The van der Waals surface area contributed by atoms with E-state index in [0.717, 1.165) is 0 Å². The van der Waals surface area contributed by atoms with Crippen LogP contribution in [0.25, 0.3) is 11.3 Å². The zero-order valence-electron chi connectivity index (χ0n) is 24.8. The minimum atomic E-state index is -4.84. The number of carbonyl (C=O) groups excluding carboxylic acids is 1. The summed E-state index contributed by atoms with van der Waals surface area (Å²) in [6.45, 7) is 2.28. The van der Waals surface area contributed by atoms with Crippen LogP contribution >= 0.6 is 19.2 Å². The topological polar surface area (TPSA) is 154 Å². The molecule has 8 bridgehead atoms. The number of aryl methyl sites for hydroxylation is 1. The lowest BCUT2D eigenvalue weighted by molar-refractivity contribution is -0.137. The number of anilines is 4. The highest BCUT2D eigenvalue weighted by atomic mass is 35.5. The van der Waals surface area contributed by atoms with Gasteiger partial charge in [-0.05, 0) is 43.2 Å². The lowest BCUT2D eigenvalue weighted by Gasteiger charge is -2.19. The molecular formula is C28H29ClF3N8O5P. The summed E-state index contributed by atoms with van der Waals surface area (Å²) >= 11 is 6.41. The van der Waals surface area contributed by atoms with Crippen LogP contribution in [0.5, 0.6) is 5.75 Å². The first-order valence-corrected chi connectivity index (χ1v) is 16.0. The molecule has 0 saturated carbocycles. The lowest BCUT2D eigenvalue weighted by Crippen LogP contribution is -2.21. The third-order valence-corrected chi connectivity index (χ3v) is 8.97. The van der Waals surface area contributed by atoms with Crippen molar-refractivity contribution < 1.29 is 36.3 Å². The fourth-order valence-electron chi connectivity index (χ4n) is 4.59. The summed E-state index contributed by atoms with van der Waals surface area (Å²) in [6, 6.07) is 7.70. The number of nitrogens with zero attached hydrogens (tertiary/aromatic N) is 5. The normalized spacial score (nSPS) is 16.9. The summed E-state index contributed by atoms with van der Waals surface area (Å²) in [5.41, 5.74) is 0.0542. The number of methoxy groups -OCH3 is 1. The van der Waals surface area contributed by atoms with Crippen molar-refractivity contribution >= 4 is 48.2 Å². The number of amides is 1. The molecule has 3 N–H and O–H groups in total. The maximum absolute atomic E-state index is 14.1. The Hall–Kier alpha value is -4.24. The second-order valence-corrected chi connectivity index (χ2v) is 12.3. The van der Waals surface area contributed by atoms with Gasteiger partial charge in [-0.1, -0.05) is 17.7 Å². The Kier molecular flexibility index (Phi) is 9.82. The van der Waals surface area contributed by atoms with Crippen LogP contribution in [0.4, 0.5) is 36.3 Å². The van der Waals surface area contributed by atoms with Crippen molar-refractivity contribution in [3.8, 4) is 17.0 Å². The van der Waals surface area contributed by atoms with Gasteiger partial charge in [0.1, 0.15) is 17.1 Å². The first-order chi connectivity index (χ1) is 21.9. The largest absolute Gasteiger partial charge is 0.495 e. The van der Waals surface area contributed by atoms with Crippen LogP contribution in [0, 0.1) is 0 Å². The van der Waals surface area contributed by atoms with Gasteiger partial charge in [-0.15, -0.1) is 0 Å². The fourth-order valence-corrected chi connectivity index (χ4v) is 6.54. The Morgan fingerprint density at radius 3 is 2.70 bits per heavy atom. The van der Waals surface area contributed by atoms with Crippen molar-refractivity contribution in [2.24, 2.45) is 0 Å². The number of rotatable bonds is 4. The number of carbonyl (C=O) groups is 1. The number of aromatic nitrogens is 5. The van der Waals surface area contributed by atoms with Crippen LogP contribution in [0.2, 0.25) is 5.15 Å². The first kappa shape index (κ1) is 33.1. The zero-order chi connectivity index (χ0) is 33.1. The van der Waals surface area contributed by atoms with Crippen molar-refractivity contribution in [3.63, 3.8) is 0 Å². The summed E-state index contributed by atoms with van der Waals surface area (Å²) in [5, 5.41) is 12.3. The molecule has 3 aromatic heterocycles. The second-order valence-electron chi connectivity index (χ2n) is 9.88. The van der Waals surface area contributed by atoms with E-state index in [1.807, 2.05) is 0 Å². The van der Waals surface area contributed by atoms with E-state index < -0.39 is 31.1 Å². The minimum absolute atomic E-state index is 0.0540. The molecule has 1 amide bonds. The zero-order valence-corrected chi connectivity index (χ0v) is 26.5. The van der Waals surface area contributed by atoms with Crippen molar-refractivity contribution in [1.29, 1.82) is 0 Å². The predicted octanol–water partition coefficient (Wildman–Crippen LogP) is 6.41. The van der Waals surface area contributed by atoms with Gasteiger partial charge in [-0.2, -0.15) is 23.3 Å². The van der Waals surface area contributed by atoms with Crippen LogP contribution in [0.1, 0.15) is 35.0 Å². The number of alkyl halides is 3. The first-order valence-electron chi connectivity index (χ1n) is 13.9. The van der Waals surface area contributed by atoms with Gasteiger partial charge in [-0.3, -0.25) is 14.0 Å². The Labute approximate surface area is 266 Å². The van der Waals surface area contributed by atoms with Gasteiger partial charge < -0.3 is 29.7 Å². The van der Waals surface area contributed by atoms with Gasteiger partial charge in [0.25, 0.3) is 5.91 Å². The molecule has 4 aliphatic rings. The molecule has 4 aliphatic heterocycles. The number of hydrogen-bond donors (Lipinski definition) is 3. The predicted molar refractivity (Wildman–Crippen MR) is 164 cm³/mol. The van der Waals surface area contributed by atoms with Crippen LogP contribution in [-0.2, 0) is 32.5 Å². The summed E-state index contributed by atoms with van der Waals surface area (Å²) in [4.78, 5) is 25.2. The summed E-state index contributed by atoms with van der Waals surface area (Å²) in [5.74, 6) is -1.25. The Bertz CT molecular complexity index is 1810. The highest BCUT2D eigenvalue weighted by molar-refractivity contribution is 7.53. The SMILES string of the molecule is CCO[P@@]1(=O)Cc2ccc(c(OC)c2)Nc2ncc(C(F)(F)F)c(n2)Nc2ccc(nc2C(=O)NC)-c2cn(nc2Cl)CCCO1. The van der Waals surface area contributed by atoms with Crippen LogP contribution in [0.3, 0.4) is 0 Å². The quantitative estimate of drug-likeness (QED) is 0.205. The molecule has 0 fully saturated rings. The molecule has 244 valence electrons. The number of benzene rings is 1. The van der Waals surface area contributed by atoms with E-state index in [2.05, 4.69) is 36.0 Å². The molecule has 1 atom stereocenters. The Morgan fingerprint density at radius 1 is 1.20 bits per heavy atom. The van der Waals surface area contributed by atoms with Crippen molar-refractivity contribution in [3.05, 3.63) is 64.7 Å². The van der Waals surface area contributed by atoms with Crippen molar-refractivity contribution in [2.45, 2.75) is 32.2 Å². The molecule has 1 aromatic carbocycles. The lowest BCUT2D eigenvalue weighted by atomic mass is 10.1. The molecule has 13 nitrogen and oxygen atoms in total. The highest BCUT2D eigenvalue weighted by Crippen LogP contribution is 2.52. The molecule has 0 aliphatic carbocycles. The van der Waals surface area contributed by atoms with Gasteiger partial charge in [0, 0.05) is 26.0 Å². The Balaban J connectivity index is 1.64. The van der Waals surface area contributed by atoms with Crippen molar-refractivity contribution in [1.82, 2.24) is 30.0 Å². The number of halogens is 4. The second kappa shape index (κ2) is 13.6. The summed E-state index contributed by atoms with van der Waals surface area (Å²) in [6.07, 6.45) is -2.28. The standard InChI is InChI=1S/C28H29ClF3N8O5P/c1-4-44-46(42)15-16-6-7-20(22(12-16)43-3)37-27-34-13-18(28(30,31)32)25(38-27)36-21-9-8-19(35-23(21)26(41)33-2)17-14-40(39-24(17)29)10-5-11-45-46/h6-9,12-14H,4-5,10-11,15H2,1-3H3,(H,33,41)(H2,34,36,37,38)/t46-/m0/s1. The minimum Gasteiger partial charge on any atom is -0.495 e. The third-order valence-electron chi connectivity index (χ3n) is 6.71. The number of pyridine rings is 1. The molecule has 18 heteroatoms. The molecule has 0 saturated heterocycles. The maximum Gasteiger partial charge on any atom is 0.421 e. The average Bonchev–Trinajstić information content (AvgIpc) is 3.39. The van der Waals surface area contributed by atoms with E-state index >= 15 is 0 Å².